The standard InChI is InChI=1S/C12H23N3/c1-4-9-13-11(5-2)6-7-12-8-10-15(3)14-12/h8,10-11,13H,4-7,9H2,1-3H3. The first-order chi connectivity index (χ1) is 7.26. The van der Waals surface area contributed by atoms with Crippen LogP contribution in [0, 0.1) is 0 Å². The van der Waals surface area contributed by atoms with Gasteiger partial charge in [0.15, 0.2) is 0 Å². The van der Waals surface area contributed by atoms with Crippen molar-refractivity contribution in [2.24, 2.45) is 7.05 Å². The molecule has 0 fully saturated rings. The summed E-state index contributed by atoms with van der Waals surface area (Å²) in [5, 5.41) is 7.95. The van der Waals surface area contributed by atoms with Gasteiger partial charge in [0.05, 0.1) is 5.69 Å². The van der Waals surface area contributed by atoms with E-state index in [2.05, 4.69) is 30.3 Å². The molecule has 0 saturated carbocycles. The highest BCUT2D eigenvalue weighted by Crippen LogP contribution is 2.05. The minimum absolute atomic E-state index is 0.645. The largest absolute Gasteiger partial charge is 0.314 e. The van der Waals surface area contributed by atoms with Gasteiger partial charge < -0.3 is 5.32 Å². The Morgan fingerprint density at radius 1 is 1.47 bits per heavy atom. The number of aromatic nitrogens is 2. The predicted molar refractivity (Wildman–Crippen MR) is 63.9 cm³/mol. The van der Waals surface area contributed by atoms with Crippen LogP contribution in [0.2, 0.25) is 0 Å². The second kappa shape index (κ2) is 6.62. The zero-order valence-corrected chi connectivity index (χ0v) is 10.2. The summed E-state index contributed by atoms with van der Waals surface area (Å²) in [7, 11) is 1.97. The number of hydrogen-bond acceptors (Lipinski definition) is 2. The first kappa shape index (κ1) is 12.2. The van der Waals surface area contributed by atoms with Crippen LogP contribution in [0.1, 0.15) is 38.8 Å². The van der Waals surface area contributed by atoms with Gasteiger partial charge in [0, 0.05) is 19.3 Å². The average Bonchev–Trinajstić information content (AvgIpc) is 2.65. The monoisotopic (exact) mass is 209 g/mol. The Morgan fingerprint density at radius 3 is 2.80 bits per heavy atom. The van der Waals surface area contributed by atoms with E-state index in [0.29, 0.717) is 6.04 Å². The molecule has 1 unspecified atom stereocenters. The molecular weight excluding hydrogens is 186 g/mol. The van der Waals surface area contributed by atoms with Gasteiger partial charge >= 0.3 is 0 Å². The Kier molecular flexibility index (Phi) is 5.40. The van der Waals surface area contributed by atoms with Crippen molar-refractivity contribution >= 4 is 0 Å². The van der Waals surface area contributed by atoms with Crippen LogP contribution in [0.5, 0.6) is 0 Å². The quantitative estimate of drug-likeness (QED) is 0.745. The first-order valence-electron chi connectivity index (χ1n) is 5.98. The van der Waals surface area contributed by atoms with Gasteiger partial charge in [-0.05, 0) is 38.3 Å². The van der Waals surface area contributed by atoms with E-state index < -0.39 is 0 Å². The van der Waals surface area contributed by atoms with Crippen molar-refractivity contribution in [3.8, 4) is 0 Å². The van der Waals surface area contributed by atoms with Crippen LogP contribution in [0.25, 0.3) is 0 Å². The second-order valence-corrected chi connectivity index (χ2v) is 4.08. The number of hydrogen-bond donors (Lipinski definition) is 1. The molecule has 15 heavy (non-hydrogen) atoms. The third-order valence-electron chi connectivity index (χ3n) is 2.69. The summed E-state index contributed by atoms with van der Waals surface area (Å²) >= 11 is 0. The Hall–Kier alpha value is -0.830. The molecule has 1 heterocycles. The summed E-state index contributed by atoms with van der Waals surface area (Å²) in [6, 6.07) is 2.75. The van der Waals surface area contributed by atoms with Crippen molar-refractivity contribution in [3.05, 3.63) is 18.0 Å². The fourth-order valence-corrected chi connectivity index (χ4v) is 1.72. The highest BCUT2D eigenvalue weighted by molar-refractivity contribution is 4.99. The number of rotatable bonds is 7. The van der Waals surface area contributed by atoms with E-state index in [0.717, 1.165) is 13.0 Å². The van der Waals surface area contributed by atoms with Crippen LogP contribution in [-0.4, -0.2) is 22.4 Å². The molecule has 0 aromatic carbocycles. The minimum atomic E-state index is 0.645. The Balaban J connectivity index is 2.27. The SMILES string of the molecule is CCCNC(CC)CCc1ccn(C)n1. The van der Waals surface area contributed by atoms with Gasteiger partial charge in [0.25, 0.3) is 0 Å². The van der Waals surface area contributed by atoms with Gasteiger partial charge in [0.2, 0.25) is 0 Å². The molecule has 1 aromatic heterocycles. The lowest BCUT2D eigenvalue weighted by atomic mass is 10.1. The molecule has 0 aliphatic carbocycles. The maximum atomic E-state index is 4.39. The topological polar surface area (TPSA) is 29.9 Å². The van der Waals surface area contributed by atoms with Gasteiger partial charge in [-0.15, -0.1) is 0 Å². The second-order valence-electron chi connectivity index (χ2n) is 4.08. The molecule has 0 amide bonds. The normalized spacial score (nSPS) is 13.0. The van der Waals surface area contributed by atoms with Crippen LogP contribution in [0.3, 0.4) is 0 Å². The van der Waals surface area contributed by atoms with Crippen LogP contribution in [0.4, 0.5) is 0 Å². The van der Waals surface area contributed by atoms with Crippen LogP contribution < -0.4 is 5.32 Å². The smallest absolute Gasteiger partial charge is 0.0625 e. The molecule has 3 heteroatoms. The molecule has 0 spiro atoms. The Labute approximate surface area is 92.9 Å². The predicted octanol–water partition coefficient (Wildman–Crippen LogP) is 2.13. The third-order valence-corrected chi connectivity index (χ3v) is 2.69. The lowest BCUT2D eigenvalue weighted by molar-refractivity contribution is 0.465. The van der Waals surface area contributed by atoms with Gasteiger partial charge in [-0.2, -0.15) is 5.10 Å². The average molecular weight is 209 g/mol. The van der Waals surface area contributed by atoms with Gasteiger partial charge in [-0.25, -0.2) is 0 Å². The summed E-state index contributed by atoms with van der Waals surface area (Å²) in [6.07, 6.45) is 6.69. The molecule has 0 saturated heterocycles. The van der Waals surface area contributed by atoms with E-state index >= 15 is 0 Å². The van der Waals surface area contributed by atoms with Crippen molar-refractivity contribution < 1.29 is 0 Å². The zero-order valence-electron chi connectivity index (χ0n) is 10.2. The maximum Gasteiger partial charge on any atom is 0.0625 e. The van der Waals surface area contributed by atoms with Crippen molar-refractivity contribution in [3.63, 3.8) is 0 Å². The summed E-state index contributed by atoms with van der Waals surface area (Å²) in [5.41, 5.74) is 1.20. The molecule has 86 valence electrons. The van der Waals surface area contributed by atoms with Crippen LogP contribution in [0.15, 0.2) is 12.3 Å². The lowest BCUT2D eigenvalue weighted by Gasteiger charge is -2.15. The van der Waals surface area contributed by atoms with E-state index in [9.17, 15) is 0 Å². The highest BCUT2D eigenvalue weighted by Gasteiger charge is 2.06. The zero-order chi connectivity index (χ0) is 11.1. The number of nitrogens with one attached hydrogen (secondary N) is 1. The van der Waals surface area contributed by atoms with Gasteiger partial charge in [-0.3, -0.25) is 4.68 Å². The first-order valence-corrected chi connectivity index (χ1v) is 5.98. The molecule has 1 rings (SSSR count). The molecular formula is C12H23N3. The summed E-state index contributed by atoms with van der Waals surface area (Å²) in [5.74, 6) is 0. The van der Waals surface area contributed by atoms with E-state index in [1.54, 1.807) is 0 Å². The summed E-state index contributed by atoms with van der Waals surface area (Å²) < 4.78 is 1.87. The van der Waals surface area contributed by atoms with Crippen molar-refractivity contribution in [2.75, 3.05) is 6.54 Å². The molecule has 0 aliphatic rings. The molecule has 3 nitrogen and oxygen atoms in total. The minimum Gasteiger partial charge on any atom is -0.314 e. The van der Waals surface area contributed by atoms with E-state index in [4.69, 9.17) is 0 Å². The van der Waals surface area contributed by atoms with E-state index in [1.165, 1.54) is 25.0 Å². The van der Waals surface area contributed by atoms with Gasteiger partial charge in [0.1, 0.15) is 0 Å². The fourth-order valence-electron chi connectivity index (χ4n) is 1.72. The summed E-state index contributed by atoms with van der Waals surface area (Å²) in [4.78, 5) is 0. The number of nitrogens with zero attached hydrogens (tertiary/aromatic N) is 2. The fraction of sp³-hybridized carbons (Fsp3) is 0.750. The molecule has 0 aliphatic heterocycles. The van der Waals surface area contributed by atoms with Crippen molar-refractivity contribution in [1.82, 2.24) is 15.1 Å². The highest BCUT2D eigenvalue weighted by atomic mass is 15.2. The maximum absolute atomic E-state index is 4.39. The third kappa shape index (κ3) is 4.47. The van der Waals surface area contributed by atoms with Crippen molar-refractivity contribution in [2.45, 2.75) is 45.6 Å². The molecule has 0 bridgehead atoms. The summed E-state index contributed by atoms with van der Waals surface area (Å²) in [6.45, 7) is 5.57. The number of aryl methyl sites for hydroxylation is 2. The van der Waals surface area contributed by atoms with E-state index in [-0.39, 0.29) is 0 Å². The molecule has 0 radical (unpaired) electrons. The molecule has 1 N–H and O–H groups in total. The molecule has 1 atom stereocenters. The van der Waals surface area contributed by atoms with Crippen LogP contribution >= 0.6 is 0 Å². The molecule has 1 aromatic rings. The Morgan fingerprint density at radius 2 is 2.27 bits per heavy atom. The van der Waals surface area contributed by atoms with Gasteiger partial charge in [-0.1, -0.05) is 13.8 Å². The lowest BCUT2D eigenvalue weighted by Crippen LogP contribution is -2.29. The van der Waals surface area contributed by atoms with Crippen LogP contribution in [-0.2, 0) is 13.5 Å². The Bertz CT molecular complexity index is 268. The van der Waals surface area contributed by atoms with E-state index in [1.807, 2.05) is 17.9 Å². The van der Waals surface area contributed by atoms with Crippen molar-refractivity contribution in [1.29, 1.82) is 0 Å².